The third-order valence-corrected chi connectivity index (χ3v) is 6.87. The summed E-state index contributed by atoms with van der Waals surface area (Å²) in [5.74, 6) is -0.249. The van der Waals surface area contributed by atoms with Crippen LogP contribution in [0.3, 0.4) is 0 Å². The van der Waals surface area contributed by atoms with Gasteiger partial charge in [-0.3, -0.25) is 19.5 Å². The third-order valence-electron chi connectivity index (χ3n) is 5.98. The number of anilines is 2. The van der Waals surface area contributed by atoms with Gasteiger partial charge in [-0.1, -0.05) is 5.16 Å². The highest BCUT2D eigenvalue weighted by Gasteiger charge is 2.39. The Morgan fingerprint density at radius 3 is 2.72 bits per heavy atom. The van der Waals surface area contributed by atoms with Gasteiger partial charge in [0.05, 0.1) is 18.4 Å². The molecule has 0 spiro atoms. The van der Waals surface area contributed by atoms with E-state index >= 15 is 0 Å². The molecule has 1 aliphatic heterocycles. The first-order valence-electron chi connectivity index (χ1n) is 11.4. The van der Waals surface area contributed by atoms with Gasteiger partial charge in [-0.25, -0.2) is 9.97 Å². The van der Waals surface area contributed by atoms with Gasteiger partial charge in [0.1, 0.15) is 28.8 Å². The van der Waals surface area contributed by atoms with Crippen molar-refractivity contribution in [2.45, 2.75) is 39.5 Å². The van der Waals surface area contributed by atoms with Crippen molar-refractivity contribution < 1.29 is 32.4 Å². The quantitative estimate of drug-likeness (QED) is 0.363. The highest BCUT2D eigenvalue weighted by atomic mass is 32.1. The lowest BCUT2D eigenvalue weighted by molar-refractivity contribution is -0.138. The first-order chi connectivity index (χ1) is 18.4. The van der Waals surface area contributed by atoms with Crippen molar-refractivity contribution in [1.82, 2.24) is 29.6 Å². The molecule has 0 fully saturated rings. The maximum atomic E-state index is 13.3. The Morgan fingerprint density at radius 1 is 1.26 bits per heavy atom. The van der Waals surface area contributed by atoms with Crippen molar-refractivity contribution >= 4 is 34.8 Å². The molecule has 2 amide bonds. The number of aliphatic hydroxyl groups excluding tert-OH is 1. The number of amides is 2. The average Bonchev–Trinajstić information content (AvgIpc) is 3.60. The second-order valence-electron chi connectivity index (χ2n) is 8.80. The zero-order valence-electron chi connectivity index (χ0n) is 20.7. The number of aryl methyl sites for hydroxylation is 2. The molecule has 0 bridgehead atoms. The van der Waals surface area contributed by atoms with Gasteiger partial charge in [0.15, 0.2) is 11.5 Å². The van der Waals surface area contributed by atoms with Crippen LogP contribution < -0.4 is 10.2 Å². The first kappa shape index (κ1) is 26.3. The second kappa shape index (κ2) is 9.77. The number of nitrogens with one attached hydrogen (secondary N) is 1. The van der Waals surface area contributed by atoms with Crippen LogP contribution in [0.2, 0.25) is 0 Å². The fourth-order valence-electron chi connectivity index (χ4n) is 4.09. The van der Waals surface area contributed by atoms with Crippen LogP contribution in [0.5, 0.6) is 0 Å². The smallest absolute Gasteiger partial charge is 0.361 e. The number of alkyl halides is 3. The number of hydrogen-bond acceptors (Lipinski definition) is 10. The fourth-order valence-corrected chi connectivity index (χ4v) is 4.82. The number of imidazole rings is 1. The SMILES string of the molecule is Cc1cc(CN2C(=O)c3c(ncn3CC(=O)Nc3csc(-c4cnc(C)c(C(F)(F)F)c4)n3)N(C)C2O)no1. The van der Waals surface area contributed by atoms with E-state index in [1.807, 2.05) is 0 Å². The number of hydrogen-bond donors (Lipinski definition) is 2. The normalized spacial score (nSPS) is 15.6. The molecule has 12 nitrogen and oxygen atoms in total. The number of fused-ring (bicyclic) bond motifs is 1. The van der Waals surface area contributed by atoms with Crippen molar-refractivity contribution in [3.63, 3.8) is 0 Å². The molecular weight excluding hydrogens is 541 g/mol. The van der Waals surface area contributed by atoms with E-state index in [1.54, 1.807) is 20.0 Å². The van der Waals surface area contributed by atoms with Crippen molar-refractivity contribution in [2.24, 2.45) is 0 Å². The molecule has 1 atom stereocenters. The Kier molecular flexibility index (Phi) is 6.59. The molecule has 16 heteroatoms. The molecule has 0 aliphatic carbocycles. The summed E-state index contributed by atoms with van der Waals surface area (Å²) in [4.78, 5) is 40.8. The Balaban J connectivity index is 1.32. The lowest BCUT2D eigenvalue weighted by Crippen LogP contribution is -2.54. The highest BCUT2D eigenvalue weighted by Crippen LogP contribution is 2.35. The molecule has 2 N–H and O–H groups in total. The van der Waals surface area contributed by atoms with Gasteiger partial charge in [0, 0.05) is 35.9 Å². The van der Waals surface area contributed by atoms with Crippen molar-refractivity contribution in [3.8, 4) is 10.6 Å². The summed E-state index contributed by atoms with van der Waals surface area (Å²) < 4.78 is 46.1. The van der Waals surface area contributed by atoms with Gasteiger partial charge in [-0.15, -0.1) is 11.3 Å². The first-order valence-corrected chi connectivity index (χ1v) is 12.3. The van der Waals surface area contributed by atoms with E-state index in [1.165, 1.54) is 34.3 Å². The van der Waals surface area contributed by atoms with E-state index < -0.39 is 29.9 Å². The van der Waals surface area contributed by atoms with Gasteiger partial charge in [-0.2, -0.15) is 13.2 Å². The van der Waals surface area contributed by atoms with Crippen LogP contribution in [-0.4, -0.2) is 59.9 Å². The number of carbonyl (C=O) groups is 2. The fraction of sp³-hybridized carbons (Fsp3) is 0.304. The highest BCUT2D eigenvalue weighted by molar-refractivity contribution is 7.13. The molecule has 1 aliphatic rings. The Hall–Kier alpha value is -4.31. The summed E-state index contributed by atoms with van der Waals surface area (Å²) in [5, 5.41) is 18.8. The zero-order chi connectivity index (χ0) is 28.1. The number of thiazole rings is 1. The lowest BCUT2D eigenvalue weighted by Gasteiger charge is -2.38. The third kappa shape index (κ3) is 5.07. The second-order valence-corrected chi connectivity index (χ2v) is 9.66. The maximum Gasteiger partial charge on any atom is 0.418 e. The van der Waals surface area contributed by atoms with Crippen LogP contribution in [0.25, 0.3) is 10.6 Å². The lowest BCUT2D eigenvalue weighted by atomic mass is 10.1. The van der Waals surface area contributed by atoms with Gasteiger partial charge in [0.2, 0.25) is 12.3 Å². The summed E-state index contributed by atoms with van der Waals surface area (Å²) in [6.07, 6.45) is -3.29. The van der Waals surface area contributed by atoms with E-state index in [9.17, 15) is 27.9 Å². The number of halogens is 3. The van der Waals surface area contributed by atoms with Gasteiger partial charge in [-0.05, 0) is 19.9 Å². The molecule has 0 aromatic carbocycles. The molecule has 1 unspecified atom stereocenters. The molecule has 5 rings (SSSR count). The molecule has 4 aromatic heterocycles. The minimum Gasteiger partial charge on any atom is -0.361 e. The monoisotopic (exact) mass is 562 g/mol. The summed E-state index contributed by atoms with van der Waals surface area (Å²) in [6, 6.07) is 2.60. The van der Waals surface area contributed by atoms with E-state index in [4.69, 9.17) is 4.52 Å². The Morgan fingerprint density at radius 2 is 2.03 bits per heavy atom. The number of aromatic nitrogens is 5. The minimum atomic E-state index is -4.56. The number of rotatable bonds is 6. The molecule has 204 valence electrons. The standard InChI is InChI=1S/C23H21F3N8O4S/c1-11-4-14(31-38-11)7-34-21(36)18-19(32(3)22(34)37)28-10-33(18)8-17(35)29-16-9-39-20(30-16)13-5-15(23(24,25)26)12(2)27-6-13/h4-6,9-10,22,37H,7-8H2,1-3H3,(H,29,35). The van der Waals surface area contributed by atoms with Crippen LogP contribution in [0.1, 0.15) is 33.2 Å². The van der Waals surface area contributed by atoms with Crippen molar-refractivity contribution in [1.29, 1.82) is 0 Å². The molecule has 5 heterocycles. The molecule has 0 saturated carbocycles. The molecule has 0 saturated heterocycles. The van der Waals surface area contributed by atoms with Crippen molar-refractivity contribution in [2.75, 3.05) is 17.3 Å². The summed E-state index contributed by atoms with van der Waals surface area (Å²) in [6.45, 7) is 2.62. The van der Waals surface area contributed by atoms with Gasteiger partial charge < -0.3 is 24.4 Å². The van der Waals surface area contributed by atoms with Crippen LogP contribution in [-0.2, 0) is 24.1 Å². The van der Waals surface area contributed by atoms with E-state index in [0.29, 0.717) is 11.5 Å². The van der Waals surface area contributed by atoms with Gasteiger partial charge in [0.25, 0.3) is 5.91 Å². The molecule has 39 heavy (non-hydrogen) atoms. The molecule has 4 aromatic rings. The van der Waals surface area contributed by atoms with Crippen LogP contribution >= 0.6 is 11.3 Å². The maximum absolute atomic E-state index is 13.3. The summed E-state index contributed by atoms with van der Waals surface area (Å²) >= 11 is 1.04. The molecular formula is C23H21F3N8O4S. The number of carbonyl (C=O) groups excluding carboxylic acids is 2. The van der Waals surface area contributed by atoms with Crippen LogP contribution in [0.15, 0.2) is 34.6 Å². The van der Waals surface area contributed by atoms with Gasteiger partial charge >= 0.3 is 6.18 Å². The summed E-state index contributed by atoms with van der Waals surface area (Å²) in [5.41, 5.74) is -0.328. The average molecular weight is 563 g/mol. The van der Waals surface area contributed by atoms with Crippen LogP contribution in [0, 0.1) is 13.8 Å². The molecule has 0 radical (unpaired) electrons. The number of nitrogens with zero attached hydrogens (tertiary/aromatic N) is 7. The van der Waals surface area contributed by atoms with Crippen molar-refractivity contribution in [3.05, 3.63) is 58.4 Å². The minimum absolute atomic E-state index is 0.0377. The largest absolute Gasteiger partial charge is 0.418 e. The van der Waals surface area contributed by atoms with E-state index in [0.717, 1.165) is 22.3 Å². The van der Waals surface area contributed by atoms with E-state index in [-0.39, 0.29) is 46.7 Å². The zero-order valence-corrected chi connectivity index (χ0v) is 21.5. The predicted octanol–water partition coefficient (Wildman–Crippen LogP) is 3.03. The summed E-state index contributed by atoms with van der Waals surface area (Å²) in [7, 11) is 1.55. The van der Waals surface area contributed by atoms with E-state index in [2.05, 4.69) is 25.4 Å². The predicted molar refractivity (Wildman–Crippen MR) is 131 cm³/mol. The Labute approximate surface area is 222 Å². The number of aliphatic hydroxyl groups is 1. The topological polar surface area (TPSA) is 143 Å². The van der Waals surface area contributed by atoms with Crippen LogP contribution in [0.4, 0.5) is 24.8 Å². The number of pyridine rings is 1. The Bertz CT molecular complexity index is 1560.